The molecule has 3 heteroatoms. The Morgan fingerprint density at radius 2 is 2.44 bits per heavy atom. The van der Waals surface area contributed by atoms with Gasteiger partial charge in [0.2, 0.25) is 0 Å². The Morgan fingerprint density at radius 1 is 1.67 bits per heavy atom. The van der Waals surface area contributed by atoms with Crippen LogP contribution in [0.25, 0.3) is 0 Å². The maximum absolute atomic E-state index is 5.34. The van der Waals surface area contributed by atoms with Crippen LogP contribution in [0.5, 0.6) is 0 Å². The summed E-state index contributed by atoms with van der Waals surface area (Å²) < 4.78 is 5.05. The smallest absolute Gasteiger partial charge is 0.199 e. The van der Waals surface area contributed by atoms with Gasteiger partial charge in [0.1, 0.15) is 6.26 Å². The molecule has 48 valence electrons. The van der Waals surface area contributed by atoms with E-state index in [4.69, 9.17) is 10.2 Å². The second-order valence-electron chi connectivity index (χ2n) is 2.38. The molecule has 1 aliphatic rings. The zero-order chi connectivity index (χ0) is 6.27. The van der Waals surface area contributed by atoms with Gasteiger partial charge in [-0.3, -0.25) is 0 Å². The van der Waals surface area contributed by atoms with Crippen molar-refractivity contribution < 1.29 is 4.42 Å². The summed E-state index contributed by atoms with van der Waals surface area (Å²) in [5.41, 5.74) is 5.34. The van der Waals surface area contributed by atoms with Gasteiger partial charge in [-0.2, -0.15) is 4.98 Å². The topological polar surface area (TPSA) is 52.0 Å². The lowest BCUT2D eigenvalue weighted by Gasteiger charge is -1.81. The van der Waals surface area contributed by atoms with Gasteiger partial charge in [0, 0.05) is 5.92 Å². The lowest BCUT2D eigenvalue weighted by molar-refractivity contribution is 0.497. The Bertz CT molecular complexity index is 215. The standard InChI is InChI=1S/C6H8N2O/c7-5-3-9-6(8-5)4-1-2-4/h3-4H,1-2,7H2. The summed E-state index contributed by atoms with van der Waals surface area (Å²) in [7, 11) is 0. The van der Waals surface area contributed by atoms with Gasteiger partial charge in [-0.15, -0.1) is 0 Å². The molecule has 1 aromatic heterocycles. The van der Waals surface area contributed by atoms with E-state index < -0.39 is 0 Å². The summed E-state index contributed by atoms with van der Waals surface area (Å²) in [5, 5.41) is 0. The highest BCUT2D eigenvalue weighted by Gasteiger charge is 2.28. The van der Waals surface area contributed by atoms with Crippen LogP contribution in [0.1, 0.15) is 24.7 Å². The summed E-state index contributed by atoms with van der Waals surface area (Å²) in [4.78, 5) is 3.98. The number of nitrogens with zero attached hydrogens (tertiary/aromatic N) is 1. The van der Waals surface area contributed by atoms with Gasteiger partial charge < -0.3 is 10.2 Å². The van der Waals surface area contributed by atoms with Crippen molar-refractivity contribution in [1.82, 2.24) is 4.98 Å². The number of oxazole rings is 1. The molecule has 0 saturated heterocycles. The highest BCUT2D eigenvalue weighted by Crippen LogP contribution is 2.39. The predicted molar refractivity (Wildman–Crippen MR) is 32.9 cm³/mol. The van der Waals surface area contributed by atoms with Gasteiger partial charge in [-0.05, 0) is 12.8 Å². The van der Waals surface area contributed by atoms with E-state index in [9.17, 15) is 0 Å². The largest absolute Gasteiger partial charge is 0.446 e. The summed E-state index contributed by atoms with van der Waals surface area (Å²) >= 11 is 0. The zero-order valence-electron chi connectivity index (χ0n) is 5.00. The Morgan fingerprint density at radius 3 is 2.89 bits per heavy atom. The molecule has 1 fully saturated rings. The first kappa shape index (κ1) is 4.85. The van der Waals surface area contributed by atoms with E-state index in [1.807, 2.05) is 0 Å². The number of nitrogen functional groups attached to an aromatic ring is 1. The molecule has 0 aliphatic heterocycles. The van der Waals surface area contributed by atoms with Crippen molar-refractivity contribution >= 4 is 5.82 Å². The first-order valence-electron chi connectivity index (χ1n) is 3.07. The fraction of sp³-hybridized carbons (Fsp3) is 0.500. The highest BCUT2D eigenvalue weighted by atomic mass is 16.3. The summed E-state index contributed by atoms with van der Waals surface area (Å²) in [6.45, 7) is 0. The molecule has 2 rings (SSSR count). The van der Waals surface area contributed by atoms with Crippen LogP contribution < -0.4 is 5.73 Å². The first-order chi connectivity index (χ1) is 4.36. The molecule has 1 saturated carbocycles. The van der Waals surface area contributed by atoms with Crippen molar-refractivity contribution in [2.45, 2.75) is 18.8 Å². The van der Waals surface area contributed by atoms with Gasteiger partial charge >= 0.3 is 0 Å². The summed E-state index contributed by atoms with van der Waals surface area (Å²) in [6.07, 6.45) is 3.91. The molecule has 0 aromatic carbocycles. The monoisotopic (exact) mass is 124 g/mol. The zero-order valence-corrected chi connectivity index (χ0v) is 5.00. The fourth-order valence-corrected chi connectivity index (χ4v) is 0.818. The van der Waals surface area contributed by atoms with Crippen molar-refractivity contribution in [2.75, 3.05) is 5.73 Å². The lowest BCUT2D eigenvalue weighted by atomic mass is 10.4. The van der Waals surface area contributed by atoms with Gasteiger partial charge in [0.05, 0.1) is 0 Å². The van der Waals surface area contributed by atoms with Crippen LogP contribution in [-0.4, -0.2) is 4.98 Å². The molecular formula is C6H8N2O. The second kappa shape index (κ2) is 1.50. The number of rotatable bonds is 1. The van der Waals surface area contributed by atoms with Gasteiger partial charge in [0.25, 0.3) is 0 Å². The summed E-state index contributed by atoms with van der Waals surface area (Å²) in [6, 6.07) is 0. The van der Waals surface area contributed by atoms with Crippen molar-refractivity contribution in [3.63, 3.8) is 0 Å². The Kier molecular flexibility index (Phi) is 0.806. The normalized spacial score (nSPS) is 18.2. The van der Waals surface area contributed by atoms with E-state index in [2.05, 4.69) is 4.98 Å². The Labute approximate surface area is 52.9 Å². The predicted octanol–water partition coefficient (Wildman–Crippen LogP) is 1.13. The Hall–Kier alpha value is -0.990. The number of nitrogens with two attached hydrogens (primary N) is 1. The van der Waals surface area contributed by atoms with Crippen LogP contribution in [0.3, 0.4) is 0 Å². The maximum atomic E-state index is 5.34. The minimum atomic E-state index is 0.497. The number of hydrogen-bond acceptors (Lipinski definition) is 3. The third-order valence-corrected chi connectivity index (χ3v) is 1.47. The molecule has 0 spiro atoms. The Balaban J connectivity index is 2.28. The van der Waals surface area contributed by atoms with E-state index in [1.165, 1.54) is 19.1 Å². The van der Waals surface area contributed by atoms with Crippen LogP contribution in [-0.2, 0) is 0 Å². The molecule has 1 heterocycles. The lowest BCUT2D eigenvalue weighted by Crippen LogP contribution is -1.83. The molecule has 9 heavy (non-hydrogen) atoms. The summed E-state index contributed by atoms with van der Waals surface area (Å²) in [5.74, 6) is 1.88. The van der Waals surface area contributed by atoms with E-state index in [0.717, 1.165) is 5.89 Å². The van der Waals surface area contributed by atoms with E-state index in [1.54, 1.807) is 0 Å². The SMILES string of the molecule is Nc1coc(C2CC2)n1. The average molecular weight is 124 g/mol. The number of anilines is 1. The number of hydrogen-bond donors (Lipinski definition) is 1. The van der Waals surface area contributed by atoms with Crippen LogP contribution >= 0.6 is 0 Å². The van der Waals surface area contributed by atoms with Crippen LogP contribution in [0.15, 0.2) is 10.7 Å². The molecular weight excluding hydrogens is 116 g/mol. The van der Waals surface area contributed by atoms with E-state index >= 15 is 0 Å². The second-order valence-corrected chi connectivity index (χ2v) is 2.38. The van der Waals surface area contributed by atoms with Crippen LogP contribution in [0.2, 0.25) is 0 Å². The quantitative estimate of drug-likeness (QED) is 0.610. The minimum absolute atomic E-state index is 0.497. The van der Waals surface area contributed by atoms with Crippen molar-refractivity contribution in [3.05, 3.63) is 12.2 Å². The molecule has 0 unspecified atom stereocenters. The molecule has 0 bridgehead atoms. The average Bonchev–Trinajstić information content (AvgIpc) is 2.58. The highest BCUT2D eigenvalue weighted by molar-refractivity contribution is 5.23. The molecule has 0 amide bonds. The fourth-order valence-electron chi connectivity index (χ4n) is 0.818. The van der Waals surface area contributed by atoms with Crippen molar-refractivity contribution in [1.29, 1.82) is 0 Å². The molecule has 3 nitrogen and oxygen atoms in total. The van der Waals surface area contributed by atoms with Crippen molar-refractivity contribution in [2.24, 2.45) is 0 Å². The third kappa shape index (κ3) is 0.781. The van der Waals surface area contributed by atoms with Gasteiger partial charge in [-0.1, -0.05) is 0 Å². The molecule has 0 radical (unpaired) electrons. The molecule has 2 N–H and O–H groups in total. The molecule has 1 aliphatic carbocycles. The first-order valence-corrected chi connectivity index (χ1v) is 3.07. The third-order valence-electron chi connectivity index (χ3n) is 1.47. The molecule has 0 atom stereocenters. The van der Waals surface area contributed by atoms with E-state index in [-0.39, 0.29) is 0 Å². The van der Waals surface area contributed by atoms with E-state index in [0.29, 0.717) is 11.7 Å². The minimum Gasteiger partial charge on any atom is -0.446 e. The molecule has 1 aromatic rings. The van der Waals surface area contributed by atoms with Crippen molar-refractivity contribution in [3.8, 4) is 0 Å². The van der Waals surface area contributed by atoms with Crippen LogP contribution in [0.4, 0.5) is 5.82 Å². The van der Waals surface area contributed by atoms with Crippen LogP contribution in [0, 0.1) is 0 Å². The number of aromatic nitrogens is 1. The van der Waals surface area contributed by atoms with Gasteiger partial charge in [0.15, 0.2) is 11.7 Å². The maximum Gasteiger partial charge on any atom is 0.199 e. The van der Waals surface area contributed by atoms with Gasteiger partial charge in [-0.25, -0.2) is 0 Å².